The fourth-order valence-corrected chi connectivity index (χ4v) is 4.22. The van der Waals surface area contributed by atoms with Crippen LogP contribution in [0.4, 0.5) is 0 Å². The maximum Gasteiger partial charge on any atom is 0.211 e. The molecule has 5 nitrogen and oxygen atoms in total. The summed E-state index contributed by atoms with van der Waals surface area (Å²) in [7, 11) is -3.28. The minimum atomic E-state index is -3.28. The highest BCUT2D eigenvalue weighted by Crippen LogP contribution is 2.21. The molecule has 3 aromatic rings. The summed E-state index contributed by atoms with van der Waals surface area (Å²) in [6, 6.07) is 15.3. The number of aromatic nitrogens is 2. The highest BCUT2D eigenvalue weighted by Gasteiger charge is 2.11. The molecule has 0 radical (unpaired) electrons. The van der Waals surface area contributed by atoms with Gasteiger partial charge in [0.15, 0.2) is 0 Å². The van der Waals surface area contributed by atoms with E-state index in [1.807, 2.05) is 53.9 Å². The predicted octanol–water partition coefficient (Wildman–Crippen LogP) is 2.91. The molecule has 0 bridgehead atoms. The number of pyridine rings is 1. The Kier molecular flexibility index (Phi) is 5.91. The Morgan fingerprint density at radius 1 is 1.00 bits per heavy atom. The predicted molar refractivity (Wildman–Crippen MR) is 101 cm³/mol. The molecular formula is C18H19N3O2S2. The second kappa shape index (κ2) is 8.33. The first-order valence-corrected chi connectivity index (χ1v) is 10.5. The maximum absolute atomic E-state index is 12.1. The molecule has 0 aliphatic carbocycles. The van der Waals surface area contributed by atoms with Crippen LogP contribution in [0, 0.1) is 0 Å². The van der Waals surface area contributed by atoms with Crippen LogP contribution in [0.5, 0.6) is 0 Å². The van der Waals surface area contributed by atoms with E-state index in [9.17, 15) is 8.42 Å². The average molecular weight is 374 g/mol. The summed E-state index contributed by atoms with van der Waals surface area (Å²) in [5, 5.41) is 2.80. The van der Waals surface area contributed by atoms with Crippen LogP contribution >= 0.6 is 11.3 Å². The van der Waals surface area contributed by atoms with E-state index in [4.69, 9.17) is 0 Å². The Bertz CT molecular complexity index is 894. The lowest BCUT2D eigenvalue weighted by Gasteiger charge is -2.06. The smallest absolute Gasteiger partial charge is 0.211 e. The van der Waals surface area contributed by atoms with Crippen molar-refractivity contribution in [3.05, 3.63) is 71.4 Å². The van der Waals surface area contributed by atoms with Crippen LogP contribution in [-0.4, -0.2) is 30.7 Å². The molecule has 0 amide bonds. The van der Waals surface area contributed by atoms with Crippen LogP contribution < -0.4 is 4.72 Å². The zero-order chi connectivity index (χ0) is 17.5. The third-order valence-electron chi connectivity index (χ3n) is 3.64. The number of thiazole rings is 1. The summed E-state index contributed by atoms with van der Waals surface area (Å²) in [5.74, 6) is 0.0905. The number of nitrogens with one attached hydrogen (secondary N) is 1. The molecular weight excluding hydrogens is 354 g/mol. The van der Waals surface area contributed by atoms with Crippen molar-refractivity contribution < 1.29 is 8.42 Å². The SMILES string of the molecule is O=S(=O)(CCc1ccccc1)NCCc1csc(-c2ccccn2)n1. The second-order valence-corrected chi connectivity index (χ2v) is 8.34. The number of benzene rings is 1. The van der Waals surface area contributed by atoms with Crippen molar-refractivity contribution in [1.82, 2.24) is 14.7 Å². The van der Waals surface area contributed by atoms with Crippen LogP contribution in [0.1, 0.15) is 11.3 Å². The molecule has 0 atom stereocenters. The molecule has 1 aromatic carbocycles. The Morgan fingerprint density at radius 3 is 2.56 bits per heavy atom. The van der Waals surface area contributed by atoms with E-state index in [-0.39, 0.29) is 5.75 Å². The normalized spacial score (nSPS) is 11.5. The van der Waals surface area contributed by atoms with Gasteiger partial charge in [0.25, 0.3) is 0 Å². The molecule has 25 heavy (non-hydrogen) atoms. The molecule has 0 spiro atoms. The van der Waals surface area contributed by atoms with E-state index in [2.05, 4.69) is 14.7 Å². The van der Waals surface area contributed by atoms with Gasteiger partial charge < -0.3 is 0 Å². The van der Waals surface area contributed by atoms with Crippen molar-refractivity contribution in [2.45, 2.75) is 12.8 Å². The highest BCUT2D eigenvalue weighted by atomic mass is 32.2. The van der Waals surface area contributed by atoms with Gasteiger partial charge in [-0.05, 0) is 24.1 Å². The quantitative estimate of drug-likeness (QED) is 0.659. The molecule has 3 rings (SSSR count). The van der Waals surface area contributed by atoms with Crippen molar-refractivity contribution in [1.29, 1.82) is 0 Å². The van der Waals surface area contributed by atoms with Crippen LogP contribution in [0.15, 0.2) is 60.1 Å². The van der Waals surface area contributed by atoms with Gasteiger partial charge in [0.1, 0.15) is 5.01 Å². The minimum absolute atomic E-state index is 0.0905. The van der Waals surface area contributed by atoms with Gasteiger partial charge in [-0.25, -0.2) is 18.1 Å². The number of aryl methyl sites for hydroxylation is 1. The van der Waals surface area contributed by atoms with Crippen molar-refractivity contribution in [2.75, 3.05) is 12.3 Å². The van der Waals surface area contributed by atoms with Crippen LogP contribution in [0.3, 0.4) is 0 Å². The molecule has 2 aromatic heterocycles. The van der Waals surface area contributed by atoms with Gasteiger partial charge in [0.05, 0.1) is 17.1 Å². The summed E-state index contributed by atoms with van der Waals surface area (Å²) in [5.41, 5.74) is 2.73. The molecule has 2 heterocycles. The van der Waals surface area contributed by atoms with Gasteiger partial charge in [-0.2, -0.15) is 0 Å². The van der Waals surface area contributed by atoms with Gasteiger partial charge in [-0.1, -0.05) is 36.4 Å². The van der Waals surface area contributed by atoms with E-state index in [0.717, 1.165) is 22.0 Å². The Balaban J connectivity index is 1.48. The molecule has 7 heteroatoms. The van der Waals surface area contributed by atoms with Gasteiger partial charge in [-0.15, -0.1) is 11.3 Å². The topological polar surface area (TPSA) is 72.0 Å². The monoisotopic (exact) mass is 373 g/mol. The molecule has 130 valence electrons. The average Bonchev–Trinajstić information content (AvgIpc) is 3.11. The lowest BCUT2D eigenvalue weighted by molar-refractivity contribution is 0.580. The van der Waals surface area contributed by atoms with Gasteiger partial charge >= 0.3 is 0 Å². The van der Waals surface area contributed by atoms with Gasteiger partial charge in [-0.3, -0.25) is 4.98 Å². The number of rotatable bonds is 8. The third-order valence-corrected chi connectivity index (χ3v) is 5.94. The number of nitrogens with zero attached hydrogens (tertiary/aromatic N) is 2. The van der Waals surface area contributed by atoms with Crippen molar-refractivity contribution in [2.24, 2.45) is 0 Å². The summed E-state index contributed by atoms with van der Waals surface area (Å²) in [6.45, 7) is 0.350. The fraction of sp³-hybridized carbons (Fsp3) is 0.222. The van der Waals surface area contributed by atoms with Gasteiger partial charge in [0, 0.05) is 24.5 Å². The Hall–Kier alpha value is -2.09. The number of hydrogen-bond donors (Lipinski definition) is 1. The minimum Gasteiger partial charge on any atom is -0.254 e. The summed E-state index contributed by atoms with van der Waals surface area (Å²) < 4.78 is 26.8. The molecule has 0 saturated heterocycles. The van der Waals surface area contributed by atoms with Crippen LogP contribution in [-0.2, 0) is 22.9 Å². The second-order valence-electron chi connectivity index (χ2n) is 5.56. The molecule has 1 N–H and O–H groups in total. The first kappa shape index (κ1) is 17.7. The van der Waals surface area contributed by atoms with Crippen LogP contribution in [0.25, 0.3) is 10.7 Å². The van der Waals surface area contributed by atoms with Crippen molar-refractivity contribution in [3.63, 3.8) is 0 Å². The van der Waals surface area contributed by atoms with E-state index >= 15 is 0 Å². The van der Waals surface area contributed by atoms with E-state index in [1.165, 1.54) is 11.3 Å². The summed E-state index contributed by atoms with van der Waals surface area (Å²) in [4.78, 5) is 8.79. The first-order valence-electron chi connectivity index (χ1n) is 7.99. The zero-order valence-electron chi connectivity index (χ0n) is 13.6. The summed E-state index contributed by atoms with van der Waals surface area (Å²) >= 11 is 1.52. The van der Waals surface area contributed by atoms with E-state index in [1.54, 1.807) is 6.20 Å². The number of hydrogen-bond acceptors (Lipinski definition) is 5. The number of sulfonamides is 1. The fourth-order valence-electron chi connectivity index (χ4n) is 2.33. The van der Waals surface area contributed by atoms with E-state index in [0.29, 0.717) is 19.4 Å². The molecule has 0 unspecified atom stereocenters. The van der Waals surface area contributed by atoms with Crippen LogP contribution in [0.2, 0.25) is 0 Å². The van der Waals surface area contributed by atoms with Crippen molar-refractivity contribution >= 4 is 21.4 Å². The molecule has 0 fully saturated rings. The lowest BCUT2D eigenvalue weighted by Crippen LogP contribution is -2.29. The molecule has 0 aliphatic heterocycles. The third kappa shape index (κ3) is 5.45. The maximum atomic E-state index is 12.1. The first-order chi connectivity index (χ1) is 12.1. The van der Waals surface area contributed by atoms with Gasteiger partial charge in [0.2, 0.25) is 10.0 Å². The Labute approximate surface area is 151 Å². The van der Waals surface area contributed by atoms with Crippen molar-refractivity contribution in [3.8, 4) is 10.7 Å². The van der Waals surface area contributed by atoms with E-state index < -0.39 is 10.0 Å². The lowest BCUT2D eigenvalue weighted by atomic mass is 10.2. The summed E-state index contributed by atoms with van der Waals surface area (Å²) in [6.07, 6.45) is 2.81. The zero-order valence-corrected chi connectivity index (χ0v) is 15.3. The molecule has 0 aliphatic rings. The largest absolute Gasteiger partial charge is 0.254 e. The Morgan fingerprint density at radius 2 is 1.80 bits per heavy atom. The standard InChI is InChI=1S/C18H19N3O2S2/c22-25(23,13-10-15-6-2-1-3-7-15)20-12-9-16-14-24-18(21-16)17-8-4-5-11-19-17/h1-8,11,14,20H,9-10,12-13H2. The highest BCUT2D eigenvalue weighted by molar-refractivity contribution is 7.89. The molecule has 0 saturated carbocycles.